The van der Waals surface area contributed by atoms with Crippen molar-refractivity contribution in [2.45, 2.75) is 6.43 Å². The molecule has 4 nitrogen and oxygen atoms in total. The predicted octanol–water partition coefficient (Wildman–Crippen LogP) is 1.31. The van der Waals surface area contributed by atoms with E-state index in [1.54, 1.807) is 0 Å². The summed E-state index contributed by atoms with van der Waals surface area (Å²) in [5.41, 5.74) is 5.55. The van der Waals surface area contributed by atoms with E-state index < -0.39 is 18.9 Å². The number of nitrogen functional groups attached to an aromatic ring is 1. The number of halogens is 3. The number of hydrogen-bond acceptors (Lipinski definition) is 3. The van der Waals surface area contributed by atoms with Gasteiger partial charge in [-0.05, 0) is 6.07 Å². The molecule has 3 N–H and O–H groups in total. The topological polar surface area (TPSA) is 68.0 Å². The van der Waals surface area contributed by atoms with Gasteiger partial charge in [-0.25, -0.2) is 13.8 Å². The second-order valence-corrected chi connectivity index (χ2v) is 3.08. The van der Waals surface area contributed by atoms with E-state index in [4.69, 9.17) is 17.3 Å². The zero-order chi connectivity index (χ0) is 11.4. The van der Waals surface area contributed by atoms with Crippen molar-refractivity contribution >= 4 is 23.2 Å². The maximum Gasteiger partial charge on any atom is 0.255 e. The molecule has 0 atom stereocenters. The summed E-state index contributed by atoms with van der Waals surface area (Å²) in [4.78, 5) is 14.9. The number of anilines is 1. The SMILES string of the molecule is Nc1cnc(Cl)cc1C(=O)NCC(F)F. The molecule has 15 heavy (non-hydrogen) atoms. The van der Waals surface area contributed by atoms with Crippen molar-refractivity contribution in [2.24, 2.45) is 0 Å². The summed E-state index contributed by atoms with van der Waals surface area (Å²) in [6.45, 7) is -0.724. The number of nitrogens with zero attached hydrogens (tertiary/aromatic N) is 1. The first-order chi connectivity index (χ1) is 7.00. The van der Waals surface area contributed by atoms with Gasteiger partial charge >= 0.3 is 0 Å². The molecule has 0 aromatic carbocycles. The summed E-state index contributed by atoms with van der Waals surface area (Å²) in [6, 6.07) is 1.22. The molecule has 0 fully saturated rings. The Hall–Kier alpha value is -1.43. The molecule has 1 amide bonds. The van der Waals surface area contributed by atoms with Gasteiger partial charge in [0.15, 0.2) is 0 Å². The third-order valence-corrected chi connectivity index (χ3v) is 1.77. The average molecular weight is 236 g/mol. The molecule has 0 spiro atoms. The van der Waals surface area contributed by atoms with Gasteiger partial charge in [0.2, 0.25) is 0 Å². The Bertz CT molecular complexity index is 373. The fourth-order valence-electron chi connectivity index (χ4n) is 0.902. The van der Waals surface area contributed by atoms with Gasteiger partial charge in [0.05, 0.1) is 24.0 Å². The van der Waals surface area contributed by atoms with Gasteiger partial charge in [0, 0.05) is 0 Å². The predicted molar refractivity (Wildman–Crippen MR) is 52.0 cm³/mol. The highest BCUT2D eigenvalue weighted by atomic mass is 35.5. The van der Waals surface area contributed by atoms with Crippen LogP contribution in [0.4, 0.5) is 14.5 Å². The van der Waals surface area contributed by atoms with E-state index in [1.807, 2.05) is 5.32 Å². The van der Waals surface area contributed by atoms with Crippen LogP contribution in [0, 0.1) is 0 Å². The molecule has 0 radical (unpaired) electrons. The lowest BCUT2D eigenvalue weighted by Gasteiger charge is -2.06. The first-order valence-electron chi connectivity index (χ1n) is 3.98. The molecule has 1 aromatic rings. The van der Waals surface area contributed by atoms with E-state index >= 15 is 0 Å². The van der Waals surface area contributed by atoms with Crippen LogP contribution in [0.3, 0.4) is 0 Å². The maximum atomic E-state index is 11.8. The molecule has 0 saturated heterocycles. The summed E-state index contributed by atoms with van der Waals surface area (Å²) in [5, 5.41) is 2.09. The van der Waals surface area contributed by atoms with Crippen molar-refractivity contribution < 1.29 is 13.6 Å². The van der Waals surface area contributed by atoms with Crippen LogP contribution in [0.15, 0.2) is 12.3 Å². The van der Waals surface area contributed by atoms with Gasteiger partial charge < -0.3 is 11.1 Å². The second kappa shape index (κ2) is 4.88. The van der Waals surface area contributed by atoms with Crippen molar-refractivity contribution in [1.29, 1.82) is 0 Å². The van der Waals surface area contributed by atoms with Gasteiger partial charge in [-0.3, -0.25) is 4.79 Å². The van der Waals surface area contributed by atoms with Crippen LogP contribution in [0.2, 0.25) is 5.15 Å². The van der Waals surface area contributed by atoms with E-state index in [0.29, 0.717) is 0 Å². The van der Waals surface area contributed by atoms with Crippen molar-refractivity contribution in [3.63, 3.8) is 0 Å². The number of carbonyl (C=O) groups excluding carboxylic acids is 1. The third-order valence-electron chi connectivity index (χ3n) is 1.56. The number of rotatable bonds is 3. The minimum absolute atomic E-state index is 0.0376. The van der Waals surface area contributed by atoms with E-state index in [2.05, 4.69) is 4.98 Å². The van der Waals surface area contributed by atoms with E-state index in [-0.39, 0.29) is 16.4 Å². The molecule has 0 bridgehead atoms. The molecule has 1 rings (SSSR count). The van der Waals surface area contributed by atoms with Gasteiger partial charge in [-0.15, -0.1) is 0 Å². The van der Waals surface area contributed by atoms with Crippen LogP contribution in [-0.4, -0.2) is 23.9 Å². The van der Waals surface area contributed by atoms with Crippen molar-refractivity contribution in [3.05, 3.63) is 23.0 Å². The Balaban J connectivity index is 2.77. The second-order valence-electron chi connectivity index (χ2n) is 2.70. The maximum absolute atomic E-state index is 11.8. The average Bonchev–Trinajstić information content (AvgIpc) is 2.18. The molecule has 1 aromatic heterocycles. The number of hydrogen-bond donors (Lipinski definition) is 2. The van der Waals surface area contributed by atoms with Gasteiger partial charge in [-0.1, -0.05) is 11.6 Å². The monoisotopic (exact) mass is 235 g/mol. The lowest BCUT2D eigenvalue weighted by molar-refractivity contribution is 0.0892. The van der Waals surface area contributed by atoms with Crippen LogP contribution in [0.5, 0.6) is 0 Å². The summed E-state index contributed by atoms with van der Waals surface area (Å²) in [7, 11) is 0. The van der Waals surface area contributed by atoms with Gasteiger partial charge in [0.1, 0.15) is 5.15 Å². The highest BCUT2D eigenvalue weighted by Gasteiger charge is 2.12. The van der Waals surface area contributed by atoms with Crippen LogP contribution in [-0.2, 0) is 0 Å². The largest absolute Gasteiger partial charge is 0.397 e. The van der Waals surface area contributed by atoms with Crippen molar-refractivity contribution in [2.75, 3.05) is 12.3 Å². The smallest absolute Gasteiger partial charge is 0.255 e. The normalized spacial score (nSPS) is 10.4. The Morgan fingerprint density at radius 3 is 2.93 bits per heavy atom. The Morgan fingerprint density at radius 2 is 2.33 bits per heavy atom. The zero-order valence-corrected chi connectivity index (χ0v) is 8.26. The molecule has 1 heterocycles. The lowest BCUT2D eigenvalue weighted by atomic mass is 10.2. The van der Waals surface area contributed by atoms with Crippen molar-refractivity contribution in [1.82, 2.24) is 10.3 Å². The molecular weight excluding hydrogens is 228 g/mol. The van der Waals surface area contributed by atoms with Crippen LogP contribution in [0.25, 0.3) is 0 Å². The number of carbonyl (C=O) groups is 1. The first kappa shape index (κ1) is 11.6. The van der Waals surface area contributed by atoms with E-state index in [0.717, 1.165) is 0 Å². The zero-order valence-electron chi connectivity index (χ0n) is 7.51. The quantitative estimate of drug-likeness (QED) is 0.777. The molecule has 0 aliphatic rings. The fraction of sp³-hybridized carbons (Fsp3) is 0.250. The first-order valence-corrected chi connectivity index (χ1v) is 4.36. The molecule has 0 aliphatic carbocycles. The molecule has 7 heteroatoms. The number of pyridine rings is 1. The van der Waals surface area contributed by atoms with E-state index in [9.17, 15) is 13.6 Å². The molecule has 0 saturated carbocycles. The number of nitrogens with two attached hydrogens (primary N) is 1. The fourth-order valence-corrected chi connectivity index (χ4v) is 1.06. The summed E-state index contributed by atoms with van der Waals surface area (Å²) < 4.78 is 23.6. The minimum atomic E-state index is -2.60. The summed E-state index contributed by atoms with van der Waals surface area (Å²) >= 11 is 5.53. The number of aromatic nitrogens is 1. The number of alkyl halides is 2. The van der Waals surface area contributed by atoms with E-state index in [1.165, 1.54) is 12.3 Å². The van der Waals surface area contributed by atoms with Crippen LogP contribution in [0.1, 0.15) is 10.4 Å². The number of nitrogens with one attached hydrogen (secondary N) is 1. The molecule has 82 valence electrons. The Labute approximate surface area is 89.4 Å². The van der Waals surface area contributed by atoms with Gasteiger partial charge in [-0.2, -0.15) is 0 Å². The third kappa shape index (κ3) is 3.32. The van der Waals surface area contributed by atoms with Crippen LogP contribution < -0.4 is 11.1 Å². The molecule has 0 aliphatic heterocycles. The minimum Gasteiger partial charge on any atom is -0.397 e. The lowest BCUT2D eigenvalue weighted by Crippen LogP contribution is -2.29. The Kier molecular flexibility index (Phi) is 3.79. The van der Waals surface area contributed by atoms with Crippen LogP contribution >= 0.6 is 11.6 Å². The molecule has 0 unspecified atom stereocenters. The Morgan fingerprint density at radius 1 is 1.67 bits per heavy atom. The summed E-state index contributed by atoms with van der Waals surface area (Å²) in [6.07, 6.45) is -1.41. The highest BCUT2D eigenvalue weighted by Crippen LogP contribution is 2.14. The number of amides is 1. The summed E-state index contributed by atoms with van der Waals surface area (Å²) in [5.74, 6) is -0.697. The van der Waals surface area contributed by atoms with Crippen molar-refractivity contribution in [3.8, 4) is 0 Å². The van der Waals surface area contributed by atoms with Gasteiger partial charge in [0.25, 0.3) is 12.3 Å². The highest BCUT2D eigenvalue weighted by molar-refractivity contribution is 6.29. The standard InChI is InChI=1S/C8H8ClF2N3O/c9-6-1-4(5(12)2-13-6)8(15)14-3-7(10)11/h1-2,7H,3,12H2,(H,14,15). The molecular formula is C8H8ClF2N3O.